The molecule has 1 saturated heterocycles. The molecule has 2 N–H and O–H groups in total. The van der Waals surface area contributed by atoms with Crippen LogP contribution in [-0.4, -0.2) is 46.4 Å². The lowest BCUT2D eigenvalue weighted by Crippen LogP contribution is -2.80. The van der Waals surface area contributed by atoms with Gasteiger partial charge >= 0.3 is 8.56 Å². The molecule has 0 bridgehead atoms. The standard InChI is InChI=1S/C15H29NO4Si/c1-7-10-15(18-4)14(3,16)12(13(17)8-2)9-11-21(15,19-5)20-6/h8,12H,2,7,9-11,16H2,1,3-6H3. The van der Waals surface area contributed by atoms with E-state index < -0.39 is 19.3 Å². The molecule has 0 aromatic heterocycles. The Labute approximate surface area is 129 Å². The van der Waals surface area contributed by atoms with E-state index in [2.05, 4.69) is 13.5 Å². The summed E-state index contributed by atoms with van der Waals surface area (Å²) < 4.78 is 17.7. The zero-order chi connectivity index (χ0) is 16.3. The maximum absolute atomic E-state index is 12.3. The van der Waals surface area contributed by atoms with E-state index in [0.717, 1.165) is 6.42 Å². The van der Waals surface area contributed by atoms with Crippen molar-refractivity contribution >= 4 is 14.3 Å². The number of nitrogens with two attached hydrogens (primary N) is 1. The van der Waals surface area contributed by atoms with Gasteiger partial charge in [-0.1, -0.05) is 19.9 Å². The maximum atomic E-state index is 12.3. The van der Waals surface area contributed by atoms with Crippen LogP contribution in [0.1, 0.15) is 33.1 Å². The van der Waals surface area contributed by atoms with E-state index in [1.165, 1.54) is 6.08 Å². The van der Waals surface area contributed by atoms with Gasteiger partial charge in [0.25, 0.3) is 0 Å². The molecule has 0 aliphatic carbocycles. The molecular weight excluding hydrogens is 286 g/mol. The van der Waals surface area contributed by atoms with Crippen LogP contribution in [0.2, 0.25) is 6.04 Å². The first-order chi connectivity index (χ1) is 9.82. The van der Waals surface area contributed by atoms with E-state index >= 15 is 0 Å². The minimum absolute atomic E-state index is 0.0349. The Hall–Kier alpha value is -0.533. The predicted octanol–water partition coefficient (Wildman–Crippen LogP) is 1.94. The van der Waals surface area contributed by atoms with Gasteiger partial charge in [-0.2, -0.15) is 0 Å². The number of hydrogen-bond donors (Lipinski definition) is 1. The van der Waals surface area contributed by atoms with Crippen LogP contribution in [0.3, 0.4) is 0 Å². The third-order valence-corrected chi connectivity index (χ3v) is 9.62. The smallest absolute Gasteiger partial charge is 0.372 e. The van der Waals surface area contributed by atoms with Crippen molar-refractivity contribution in [2.24, 2.45) is 11.7 Å². The van der Waals surface area contributed by atoms with E-state index in [4.69, 9.17) is 19.3 Å². The van der Waals surface area contributed by atoms with Crippen molar-refractivity contribution in [2.75, 3.05) is 21.3 Å². The van der Waals surface area contributed by atoms with Crippen LogP contribution in [0.4, 0.5) is 0 Å². The summed E-state index contributed by atoms with van der Waals surface area (Å²) in [6.07, 6.45) is 3.57. The second-order valence-electron chi connectivity index (χ2n) is 5.92. The number of carbonyl (C=O) groups is 1. The molecule has 3 unspecified atom stereocenters. The summed E-state index contributed by atoms with van der Waals surface area (Å²) in [4.78, 5) is 12.3. The number of rotatable bonds is 7. The first-order valence-electron chi connectivity index (χ1n) is 7.43. The van der Waals surface area contributed by atoms with Gasteiger partial charge in [0.1, 0.15) is 5.22 Å². The third-order valence-electron chi connectivity index (χ3n) is 5.13. The minimum Gasteiger partial charge on any atom is -0.396 e. The maximum Gasteiger partial charge on any atom is 0.372 e. The lowest BCUT2D eigenvalue weighted by Gasteiger charge is -2.58. The Balaban J connectivity index is 3.46. The van der Waals surface area contributed by atoms with Crippen molar-refractivity contribution < 1.29 is 18.4 Å². The van der Waals surface area contributed by atoms with Gasteiger partial charge in [0.2, 0.25) is 0 Å². The fourth-order valence-corrected chi connectivity index (χ4v) is 8.26. The van der Waals surface area contributed by atoms with Crippen molar-refractivity contribution in [3.63, 3.8) is 0 Å². The van der Waals surface area contributed by atoms with E-state index in [1.807, 2.05) is 6.92 Å². The quantitative estimate of drug-likeness (QED) is 0.574. The molecule has 1 fully saturated rings. The van der Waals surface area contributed by atoms with Crippen molar-refractivity contribution in [2.45, 2.75) is 49.9 Å². The SMILES string of the molecule is C=CC(=O)C1CC[Si](OC)(OC)C(CCC)(OC)C1(C)N. The summed E-state index contributed by atoms with van der Waals surface area (Å²) in [6.45, 7) is 7.56. The monoisotopic (exact) mass is 315 g/mol. The van der Waals surface area contributed by atoms with E-state index in [0.29, 0.717) is 18.9 Å². The molecule has 21 heavy (non-hydrogen) atoms. The molecule has 1 aliphatic heterocycles. The highest BCUT2D eigenvalue weighted by atomic mass is 28.4. The molecule has 3 atom stereocenters. The van der Waals surface area contributed by atoms with Crippen LogP contribution in [0.25, 0.3) is 0 Å². The molecule has 0 amide bonds. The average molecular weight is 315 g/mol. The van der Waals surface area contributed by atoms with Gasteiger partial charge in [-0.3, -0.25) is 4.79 Å². The lowest BCUT2D eigenvalue weighted by molar-refractivity contribution is -0.129. The number of carbonyl (C=O) groups excluding carboxylic acids is 1. The van der Waals surface area contributed by atoms with Gasteiger partial charge in [-0.05, 0) is 31.9 Å². The van der Waals surface area contributed by atoms with Gasteiger partial charge in [0.05, 0.1) is 5.54 Å². The first-order valence-corrected chi connectivity index (χ1v) is 9.45. The lowest BCUT2D eigenvalue weighted by atomic mass is 9.75. The summed E-state index contributed by atoms with van der Waals surface area (Å²) in [5.74, 6) is -0.361. The highest BCUT2D eigenvalue weighted by Gasteiger charge is 2.70. The van der Waals surface area contributed by atoms with Crippen LogP contribution in [-0.2, 0) is 18.4 Å². The van der Waals surface area contributed by atoms with Crippen molar-refractivity contribution in [3.8, 4) is 0 Å². The number of ketones is 1. The molecule has 6 heteroatoms. The highest BCUT2D eigenvalue weighted by Crippen LogP contribution is 2.50. The second kappa shape index (κ2) is 6.70. The number of hydrogen-bond acceptors (Lipinski definition) is 5. The summed E-state index contributed by atoms with van der Waals surface area (Å²) >= 11 is 0. The summed E-state index contributed by atoms with van der Waals surface area (Å²) in [7, 11) is 2.25. The van der Waals surface area contributed by atoms with Crippen molar-refractivity contribution in [1.82, 2.24) is 0 Å². The molecule has 5 nitrogen and oxygen atoms in total. The van der Waals surface area contributed by atoms with E-state index in [1.54, 1.807) is 21.3 Å². The largest absolute Gasteiger partial charge is 0.396 e. The second-order valence-corrected chi connectivity index (χ2v) is 9.55. The average Bonchev–Trinajstić information content (AvgIpc) is 2.48. The zero-order valence-corrected chi connectivity index (χ0v) is 14.9. The normalized spacial score (nSPS) is 35.4. The van der Waals surface area contributed by atoms with Crippen LogP contribution < -0.4 is 5.73 Å². The molecule has 0 spiro atoms. The number of methoxy groups -OCH3 is 1. The summed E-state index contributed by atoms with van der Waals surface area (Å²) in [5, 5.41) is -0.764. The third kappa shape index (κ3) is 2.53. The van der Waals surface area contributed by atoms with Gasteiger partial charge in [-0.25, -0.2) is 0 Å². The summed E-state index contributed by atoms with van der Waals surface area (Å²) in [6, 6.07) is 0.685. The van der Waals surface area contributed by atoms with Gasteiger partial charge in [0.15, 0.2) is 5.78 Å². The first kappa shape index (κ1) is 18.5. The van der Waals surface area contributed by atoms with Crippen LogP contribution in [0.5, 0.6) is 0 Å². The molecule has 0 saturated carbocycles. The molecule has 122 valence electrons. The number of ether oxygens (including phenoxy) is 1. The van der Waals surface area contributed by atoms with Crippen molar-refractivity contribution in [1.29, 1.82) is 0 Å². The van der Waals surface area contributed by atoms with Gasteiger partial charge in [0, 0.05) is 27.2 Å². The van der Waals surface area contributed by atoms with Crippen LogP contribution in [0.15, 0.2) is 12.7 Å². The molecule has 0 radical (unpaired) electrons. The van der Waals surface area contributed by atoms with Gasteiger partial charge in [-0.15, -0.1) is 0 Å². The topological polar surface area (TPSA) is 70.8 Å². The Morgan fingerprint density at radius 3 is 2.38 bits per heavy atom. The molecule has 1 aliphatic rings. The fourth-order valence-electron chi connectivity index (χ4n) is 4.01. The zero-order valence-electron chi connectivity index (χ0n) is 13.9. The highest BCUT2D eigenvalue weighted by molar-refractivity contribution is 6.71. The van der Waals surface area contributed by atoms with Crippen LogP contribution in [0, 0.1) is 5.92 Å². The Morgan fingerprint density at radius 1 is 1.43 bits per heavy atom. The molecular formula is C15H29NO4Si. The molecule has 1 rings (SSSR count). The minimum atomic E-state index is -2.70. The van der Waals surface area contributed by atoms with Crippen molar-refractivity contribution in [3.05, 3.63) is 12.7 Å². The molecule has 0 aromatic rings. The Kier molecular flexibility index (Phi) is 5.91. The van der Waals surface area contributed by atoms with E-state index in [-0.39, 0.29) is 11.7 Å². The van der Waals surface area contributed by atoms with Gasteiger partial charge < -0.3 is 19.3 Å². The Morgan fingerprint density at radius 2 is 2.00 bits per heavy atom. The Bertz CT molecular complexity index is 395. The fraction of sp³-hybridized carbons (Fsp3) is 0.800. The molecule has 0 aromatic carbocycles. The summed E-state index contributed by atoms with van der Waals surface area (Å²) in [5.41, 5.74) is 5.82. The van der Waals surface area contributed by atoms with E-state index in [9.17, 15) is 4.79 Å². The number of allylic oxidation sites excluding steroid dienone is 1. The molecule has 1 heterocycles. The van der Waals surface area contributed by atoms with Crippen LogP contribution >= 0.6 is 0 Å². The predicted molar refractivity (Wildman–Crippen MR) is 85.1 cm³/mol.